The van der Waals surface area contributed by atoms with Crippen LogP contribution in [0.4, 0.5) is 26.5 Å². The fourth-order valence-corrected chi connectivity index (χ4v) is 4.12. The maximum Gasteiger partial charge on any atom is 0.233 e. The Kier molecular flexibility index (Phi) is 5.92. The highest BCUT2D eigenvalue weighted by Crippen LogP contribution is 2.39. The molecule has 2 N–H and O–H groups in total. The fourth-order valence-electron chi connectivity index (χ4n) is 4.12. The van der Waals surface area contributed by atoms with E-state index >= 15 is 0 Å². The molecule has 1 aliphatic heterocycles. The number of nitrogens with zero attached hydrogens (tertiary/aromatic N) is 5. The van der Waals surface area contributed by atoms with Crippen LogP contribution >= 0.6 is 0 Å². The molecule has 5 rings (SSSR count). The van der Waals surface area contributed by atoms with E-state index in [4.69, 9.17) is 9.84 Å². The molecule has 3 heterocycles. The largest absolute Gasteiger partial charge is 0.381 e. The number of aromatic nitrogens is 5. The lowest BCUT2D eigenvalue weighted by atomic mass is 10.1. The highest BCUT2D eigenvalue weighted by atomic mass is 19.1. The first-order chi connectivity index (χ1) is 16.0. The highest BCUT2D eigenvalue weighted by Gasteiger charge is 2.28. The van der Waals surface area contributed by atoms with Crippen LogP contribution in [0.2, 0.25) is 0 Å². The Balaban J connectivity index is 1.37. The number of rotatable bonds is 7. The van der Waals surface area contributed by atoms with E-state index in [0.29, 0.717) is 41.1 Å². The van der Waals surface area contributed by atoms with E-state index in [-0.39, 0.29) is 0 Å². The van der Waals surface area contributed by atoms with Crippen LogP contribution in [0.25, 0.3) is 0 Å². The molecule has 1 atom stereocenters. The van der Waals surface area contributed by atoms with E-state index in [2.05, 4.69) is 25.6 Å². The van der Waals surface area contributed by atoms with Crippen molar-refractivity contribution in [2.75, 3.05) is 23.8 Å². The molecule has 3 aromatic rings. The molecule has 1 aromatic carbocycles. The van der Waals surface area contributed by atoms with Gasteiger partial charge in [0, 0.05) is 42.5 Å². The zero-order valence-electron chi connectivity index (χ0n) is 18.7. The van der Waals surface area contributed by atoms with Gasteiger partial charge in [-0.3, -0.25) is 4.68 Å². The monoisotopic (exact) mass is 455 g/mol. The standard InChI is InChI=1S/C23H27F2N7O/c1-13-11-20(31-32(13)17-7-9-33-10-8-17)27-23-29-21(15-3-4-15)28-22(30-23)26-14(2)18-6-5-16(24)12-19(18)25/h5-6,11-12,14-15,17H,3-4,7-10H2,1-2H3,(H2,26,27,28,29,30,31). The van der Waals surface area contributed by atoms with E-state index in [9.17, 15) is 8.78 Å². The molecular weight excluding hydrogens is 428 g/mol. The van der Waals surface area contributed by atoms with Crippen molar-refractivity contribution in [3.63, 3.8) is 0 Å². The lowest BCUT2D eigenvalue weighted by Crippen LogP contribution is -2.21. The summed E-state index contributed by atoms with van der Waals surface area (Å²) >= 11 is 0. The number of aryl methyl sites for hydroxylation is 1. The number of anilines is 3. The predicted molar refractivity (Wildman–Crippen MR) is 120 cm³/mol. The van der Waals surface area contributed by atoms with E-state index in [1.54, 1.807) is 6.92 Å². The van der Waals surface area contributed by atoms with Gasteiger partial charge in [0.1, 0.15) is 17.5 Å². The van der Waals surface area contributed by atoms with Crippen LogP contribution in [-0.4, -0.2) is 37.9 Å². The molecule has 2 aromatic heterocycles. The third-order valence-corrected chi connectivity index (χ3v) is 6.07. The first-order valence-electron chi connectivity index (χ1n) is 11.3. The van der Waals surface area contributed by atoms with Crippen molar-refractivity contribution in [2.24, 2.45) is 0 Å². The normalized spacial score (nSPS) is 17.7. The molecule has 1 saturated carbocycles. The summed E-state index contributed by atoms with van der Waals surface area (Å²) in [4.78, 5) is 13.6. The zero-order valence-corrected chi connectivity index (χ0v) is 18.7. The molecule has 1 unspecified atom stereocenters. The summed E-state index contributed by atoms with van der Waals surface area (Å²) in [5, 5.41) is 11.1. The molecule has 0 bridgehead atoms. The summed E-state index contributed by atoms with van der Waals surface area (Å²) in [6.45, 7) is 5.30. The Hall–Kier alpha value is -3.14. The molecule has 1 aliphatic carbocycles. The van der Waals surface area contributed by atoms with Gasteiger partial charge in [0.2, 0.25) is 11.9 Å². The Bertz CT molecular complexity index is 1140. The summed E-state index contributed by atoms with van der Waals surface area (Å²) in [5.41, 5.74) is 1.39. The third-order valence-electron chi connectivity index (χ3n) is 6.07. The van der Waals surface area contributed by atoms with Crippen LogP contribution in [-0.2, 0) is 4.74 Å². The molecule has 10 heteroatoms. The van der Waals surface area contributed by atoms with E-state index in [1.165, 1.54) is 12.1 Å². The molecule has 0 spiro atoms. The van der Waals surface area contributed by atoms with Crippen LogP contribution in [0.1, 0.15) is 67.7 Å². The molecule has 2 fully saturated rings. The summed E-state index contributed by atoms with van der Waals surface area (Å²) < 4.78 is 35.0. The van der Waals surface area contributed by atoms with Gasteiger partial charge in [0.05, 0.1) is 12.1 Å². The molecule has 174 valence electrons. The van der Waals surface area contributed by atoms with Crippen molar-refractivity contribution >= 4 is 17.7 Å². The summed E-state index contributed by atoms with van der Waals surface area (Å²) in [5.74, 6) is 1.16. The van der Waals surface area contributed by atoms with Gasteiger partial charge in [0.25, 0.3) is 0 Å². The smallest absolute Gasteiger partial charge is 0.233 e. The third kappa shape index (κ3) is 4.95. The van der Waals surface area contributed by atoms with Gasteiger partial charge < -0.3 is 15.4 Å². The Labute approximate surface area is 190 Å². The van der Waals surface area contributed by atoms with Crippen molar-refractivity contribution in [3.8, 4) is 0 Å². The summed E-state index contributed by atoms with van der Waals surface area (Å²) in [6, 6.07) is 5.38. The van der Waals surface area contributed by atoms with Crippen LogP contribution < -0.4 is 10.6 Å². The average Bonchev–Trinajstić information content (AvgIpc) is 3.57. The van der Waals surface area contributed by atoms with Gasteiger partial charge in [0.15, 0.2) is 5.82 Å². The number of halogens is 2. The SMILES string of the molecule is Cc1cc(Nc2nc(NC(C)c3ccc(F)cc3F)nc(C3CC3)n2)nn1C1CCOCC1. The summed E-state index contributed by atoms with van der Waals surface area (Å²) in [7, 11) is 0. The number of hydrogen-bond donors (Lipinski definition) is 2. The second kappa shape index (κ2) is 9.01. The van der Waals surface area contributed by atoms with E-state index < -0.39 is 17.7 Å². The fraction of sp³-hybridized carbons (Fsp3) is 0.478. The van der Waals surface area contributed by atoms with Gasteiger partial charge >= 0.3 is 0 Å². The maximum absolute atomic E-state index is 14.2. The zero-order chi connectivity index (χ0) is 22.9. The quantitative estimate of drug-likeness (QED) is 0.529. The number of ether oxygens (including phenoxy) is 1. The minimum atomic E-state index is -0.612. The van der Waals surface area contributed by atoms with Crippen LogP contribution in [0.3, 0.4) is 0 Å². The van der Waals surface area contributed by atoms with Crippen molar-refractivity contribution in [1.29, 1.82) is 0 Å². The Morgan fingerprint density at radius 2 is 1.79 bits per heavy atom. The van der Waals surface area contributed by atoms with Gasteiger partial charge in [-0.25, -0.2) is 8.78 Å². The molecule has 33 heavy (non-hydrogen) atoms. The first-order valence-corrected chi connectivity index (χ1v) is 11.3. The molecule has 0 amide bonds. The first kappa shape index (κ1) is 21.7. The Morgan fingerprint density at radius 3 is 2.52 bits per heavy atom. The number of benzene rings is 1. The van der Waals surface area contributed by atoms with Gasteiger partial charge in [-0.05, 0) is 45.6 Å². The molecule has 0 radical (unpaired) electrons. The average molecular weight is 456 g/mol. The molecular formula is C23H27F2N7O. The minimum absolute atomic E-state index is 0.300. The van der Waals surface area contributed by atoms with E-state index in [0.717, 1.165) is 50.7 Å². The second-order valence-electron chi connectivity index (χ2n) is 8.73. The van der Waals surface area contributed by atoms with Crippen molar-refractivity contribution in [2.45, 2.75) is 57.5 Å². The van der Waals surface area contributed by atoms with Gasteiger partial charge in [-0.1, -0.05) is 6.07 Å². The molecule has 2 aliphatic rings. The molecule has 8 nitrogen and oxygen atoms in total. The topological polar surface area (TPSA) is 89.8 Å². The maximum atomic E-state index is 14.2. The van der Waals surface area contributed by atoms with E-state index in [1.807, 2.05) is 17.7 Å². The van der Waals surface area contributed by atoms with Gasteiger partial charge in [-0.2, -0.15) is 20.1 Å². The predicted octanol–water partition coefficient (Wildman–Crippen LogP) is 4.80. The van der Waals surface area contributed by atoms with Crippen molar-refractivity contribution in [3.05, 3.63) is 53.0 Å². The second-order valence-corrected chi connectivity index (χ2v) is 8.73. The van der Waals surface area contributed by atoms with Crippen LogP contribution in [0.15, 0.2) is 24.3 Å². The lowest BCUT2D eigenvalue weighted by molar-refractivity contribution is 0.0657. The minimum Gasteiger partial charge on any atom is -0.381 e. The number of nitrogens with one attached hydrogen (secondary N) is 2. The van der Waals surface area contributed by atoms with Crippen LogP contribution in [0.5, 0.6) is 0 Å². The molecule has 1 saturated heterocycles. The highest BCUT2D eigenvalue weighted by molar-refractivity contribution is 5.50. The van der Waals surface area contributed by atoms with Gasteiger partial charge in [-0.15, -0.1) is 0 Å². The Morgan fingerprint density at radius 1 is 1.03 bits per heavy atom. The number of hydrogen-bond acceptors (Lipinski definition) is 7. The van der Waals surface area contributed by atoms with Crippen LogP contribution in [0, 0.1) is 18.6 Å². The summed E-state index contributed by atoms with van der Waals surface area (Å²) in [6.07, 6.45) is 3.93. The lowest BCUT2D eigenvalue weighted by Gasteiger charge is -2.23. The van der Waals surface area contributed by atoms with Crippen molar-refractivity contribution in [1.82, 2.24) is 24.7 Å². The van der Waals surface area contributed by atoms with Crippen molar-refractivity contribution < 1.29 is 13.5 Å².